The molecule has 0 fully saturated rings. The molecule has 2 N–H and O–H groups in total. The molecule has 2 aromatic rings. The fraction of sp³-hybridized carbons (Fsp3) is 0.182. The molecule has 0 aromatic heterocycles. The minimum Gasteiger partial charge on any atom is -0.478 e. The molecule has 0 bridgehead atoms. The summed E-state index contributed by atoms with van der Waals surface area (Å²) in [5.74, 6) is -0.400. The van der Waals surface area contributed by atoms with Crippen LogP contribution in [0.25, 0.3) is 17.1 Å². The zero-order valence-electron chi connectivity index (χ0n) is 17.0. The third-order valence-corrected chi connectivity index (χ3v) is 5.76. The van der Waals surface area contributed by atoms with Gasteiger partial charge in [0.05, 0.1) is 21.3 Å². The minimum absolute atomic E-state index is 0.0192. The molecule has 164 valence electrons. The standard InChI is InChI=1S/C22H17Cl3N4O3/c1-10(2)18-17-20(29(28-18)19-14(24)8-13(23)9-15(19)25)26-16(27-21(17)30)7-11-3-5-12(6-4-11)22(31)32/h3-6,8-10,28H,7H2,1-2H3,(H,31,32). The fourth-order valence-corrected chi connectivity index (χ4v) is 4.44. The summed E-state index contributed by atoms with van der Waals surface area (Å²) in [7, 11) is 0. The number of halogens is 3. The van der Waals surface area contributed by atoms with Crippen LogP contribution in [0.5, 0.6) is 0 Å². The Hall–Kier alpha value is -2.87. The number of hydrogen-bond donors (Lipinski definition) is 2. The molecule has 0 unspecified atom stereocenters. The topological polar surface area (TPSA) is 101 Å². The second-order valence-corrected chi connectivity index (χ2v) is 8.81. The van der Waals surface area contributed by atoms with E-state index >= 15 is 0 Å². The molecule has 2 aliphatic rings. The minimum atomic E-state index is -1.01. The van der Waals surface area contributed by atoms with Crippen molar-refractivity contribution in [2.75, 3.05) is 0 Å². The number of carboxylic acids is 1. The lowest BCUT2D eigenvalue weighted by atomic mass is 10.1. The average Bonchev–Trinajstić information content (AvgIpc) is 3.08. The summed E-state index contributed by atoms with van der Waals surface area (Å²) >= 11 is 18.9. The van der Waals surface area contributed by atoms with Crippen LogP contribution in [-0.4, -0.2) is 30.8 Å². The van der Waals surface area contributed by atoms with Crippen LogP contribution in [-0.2, 0) is 6.42 Å². The molecule has 0 spiro atoms. The van der Waals surface area contributed by atoms with Gasteiger partial charge in [0.15, 0.2) is 5.82 Å². The number of H-pyrrole nitrogens is 1. The summed E-state index contributed by atoms with van der Waals surface area (Å²) in [6.07, 6.45) is 0.245. The first-order valence-electron chi connectivity index (χ1n) is 9.64. The monoisotopic (exact) mass is 490 g/mol. The number of rotatable bonds is 5. The molecule has 0 saturated carbocycles. The van der Waals surface area contributed by atoms with Gasteiger partial charge in [-0.1, -0.05) is 60.8 Å². The molecule has 2 aliphatic heterocycles. The lowest BCUT2D eigenvalue weighted by molar-refractivity contribution is 0.0697. The number of benzene rings is 2. The van der Waals surface area contributed by atoms with Gasteiger partial charge in [0.1, 0.15) is 17.1 Å². The lowest BCUT2D eigenvalue weighted by Gasteiger charge is -2.11. The number of carbonyl (C=O) groups is 1. The van der Waals surface area contributed by atoms with E-state index in [1.807, 2.05) is 13.8 Å². The van der Waals surface area contributed by atoms with Crippen molar-refractivity contribution in [3.8, 4) is 17.1 Å². The number of nitrogens with one attached hydrogen (secondary N) is 1. The van der Waals surface area contributed by atoms with Gasteiger partial charge in [-0.3, -0.25) is 9.89 Å². The summed E-state index contributed by atoms with van der Waals surface area (Å²) in [4.78, 5) is 32.8. The van der Waals surface area contributed by atoms with Gasteiger partial charge in [-0.15, -0.1) is 0 Å². The van der Waals surface area contributed by atoms with Crippen LogP contribution in [0.15, 0.2) is 41.2 Å². The second-order valence-electron chi connectivity index (χ2n) is 7.56. The molecule has 0 radical (unpaired) electrons. The third-order valence-electron chi connectivity index (χ3n) is 4.96. The van der Waals surface area contributed by atoms with E-state index in [0.717, 1.165) is 5.56 Å². The number of fused-ring (bicyclic) bond motifs is 1. The van der Waals surface area contributed by atoms with Crippen LogP contribution in [0.1, 0.15) is 47.2 Å². The summed E-state index contributed by atoms with van der Waals surface area (Å²) in [5.41, 5.74) is 1.95. The molecule has 2 aromatic carbocycles. The maximum Gasteiger partial charge on any atom is 0.335 e. The Morgan fingerprint density at radius 3 is 2.28 bits per heavy atom. The fourth-order valence-electron chi connectivity index (χ4n) is 3.45. The number of aromatic nitrogens is 4. The molecule has 32 heavy (non-hydrogen) atoms. The average molecular weight is 492 g/mol. The van der Waals surface area contributed by atoms with E-state index in [9.17, 15) is 9.59 Å². The number of carboxylic acid groups (broad SMARTS) is 1. The van der Waals surface area contributed by atoms with Gasteiger partial charge in [0, 0.05) is 11.4 Å². The number of nitrogens with zero attached hydrogens (tertiary/aromatic N) is 3. The molecule has 4 rings (SSSR count). The molecule has 0 atom stereocenters. The van der Waals surface area contributed by atoms with E-state index < -0.39 is 11.5 Å². The number of hydrogen-bond acceptors (Lipinski definition) is 4. The van der Waals surface area contributed by atoms with Crippen molar-refractivity contribution in [2.45, 2.75) is 26.2 Å². The molecular formula is C22H17Cl3N4O3. The highest BCUT2D eigenvalue weighted by Crippen LogP contribution is 2.36. The van der Waals surface area contributed by atoms with Crippen molar-refractivity contribution >= 4 is 40.8 Å². The first-order valence-corrected chi connectivity index (χ1v) is 10.8. The first-order chi connectivity index (χ1) is 15.2. The van der Waals surface area contributed by atoms with Crippen molar-refractivity contribution in [3.63, 3.8) is 0 Å². The first kappa shape index (κ1) is 22.3. The van der Waals surface area contributed by atoms with E-state index in [0.29, 0.717) is 37.8 Å². The zero-order valence-corrected chi connectivity index (χ0v) is 19.3. The predicted molar refractivity (Wildman–Crippen MR) is 124 cm³/mol. The Balaban J connectivity index is 1.88. The predicted octanol–water partition coefficient (Wildman–Crippen LogP) is 5.43. The smallest absolute Gasteiger partial charge is 0.335 e. The maximum atomic E-state index is 13.0. The summed E-state index contributed by atoms with van der Waals surface area (Å²) in [5, 5.41) is 13.2. The lowest BCUT2D eigenvalue weighted by Crippen LogP contribution is -2.18. The molecular weight excluding hydrogens is 475 g/mol. The highest BCUT2D eigenvalue weighted by molar-refractivity contribution is 6.40. The van der Waals surface area contributed by atoms with E-state index in [-0.39, 0.29) is 23.7 Å². The molecule has 7 nitrogen and oxygen atoms in total. The maximum absolute atomic E-state index is 13.0. The Labute approximate surface area is 197 Å². The number of aromatic amines is 1. The molecule has 0 saturated heterocycles. The van der Waals surface area contributed by atoms with Gasteiger partial charge in [-0.2, -0.15) is 4.98 Å². The zero-order chi connectivity index (χ0) is 23.2. The molecule has 2 heterocycles. The Morgan fingerprint density at radius 1 is 1.09 bits per heavy atom. The van der Waals surface area contributed by atoms with Crippen LogP contribution < -0.4 is 5.56 Å². The summed E-state index contributed by atoms with van der Waals surface area (Å²) < 4.78 is 1.58. The quantitative estimate of drug-likeness (QED) is 0.387. The van der Waals surface area contributed by atoms with Gasteiger partial charge in [0.2, 0.25) is 0 Å². The van der Waals surface area contributed by atoms with Crippen LogP contribution in [0.2, 0.25) is 15.1 Å². The van der Waals surface area contributed by atoms with Crippen LogP contribution in [0, 0.1) is 0 Å². The summed E-state index contributed by atoms with van der Waals surface area (Å²) in [6.45, 7) is 3.89. The van der Waals surface area contributed by atoms with Gasteiger partial charge in [-0.05, 0) is 35.7 Å². The van der Waals surface area contributed by atoms with Crippen molar-refractivity contribution in [3.05, 3.63) is 84.5 Å². The molecule has 10 heteroatoms. The molecule has 0 amide bonds. The third kappa shape index (κ3) is 4.11. The van der Waals surface area contributed by atoms with Crippen LogP contribution in [0.4, 0.5) is 0 Å². The van der Waals surface area contributed by atoms with E-state index in [4.69, 9.17) is 39.9 Å². The van der Waals surface area contributed by atoms with E-state index in [1.54, 1.807) is 28.9 Å². The van der Waals surface area contributed by atoms with Gasteiger partial charge in [-0.25, -0.2) is 14.5 Å². The van der Waals surface area contributed by atoms with Crippen LogP contribution >= 0.6 is 34.8 Å². The van der Waals surface area contributed by atoms with Crippen molar-refractivity contribution in [1.82, 2.24) is 19.7 Å². The van der Waals surface area contributed by atoms with Gasteiger partial charge in [0.25, 0.3) is 5.56 Å². The molecule has 0 aliphatic carbocycles. The SMILES string of the molecule is CC(C)c1[nH]n(-c2c(Cl)cc(Cl)cc2Cl)c2nc(Cc3ccc(C(=O)O)cc3)nc(=O)c1-2. The number of aromatic carboxylic acids is 1. The highest BCUT2D eigenvalue weighted by Gasteiger charge is 2.27. The Morgan fingerprint density at radius 2 is 1.72 bits per heavy atom. The van der Waals surface area contributed by atoms with Gasteiger partial charge >= 0.3 is 5.97 Å². The van der Waals surface area contributed by atoms with E-state index in [2.05, 4.69) is 15.1 Å². The van der Waals surface area contributed by atoms with Gasteiger partial charge < -0.3 is 5.11 Å². The van der Waals surface area contributed by atoms with Crippen molar-refractivity contribution in [1.29, 1.82) is 0 Å². The van der Waals surface area contributed by atoms with Crippen LogP contribution in [0.3, 0.4) is 0 Å². The highest BCUT2D eigenvalue weighted by atomic mass is 35.5. The normalized spacial score (nSPS) is 11.4. The van der Waals surface area contributed by atoms with E-state index in [1.165, 1.54) is 12.1 Å². The summed E-state index contributed by atoms with van der Waals surface area (Å²) in [6, 6.07) is 9.44. The Bertz CT molecular complexity index is 1340. The largest absolute Gasteiger partial charge is 0.478 e. The van der Waals surface area contributed by atoms with Crippen molar-refractivity contribution in [2.24, 2.45) is 0 Å². The Kier molecular flexibility index (Phi) is 5.99. The second kappa shape index (κ2) is 8.58. The van der Waals surface area contributed by atoms with Crippen molar-refractivity contribution < 1.29 is 9.90 Å².